The van der Waals surface area contributed by atoms with Crippen LogP contribution in [0.15, 0.2) is 42.5 Å². The molecule has 0 atom stereocenters. The third kappa shape index (κ3) is 9.10. The largest absolute Gasteiger partial charge is 0.491 e. The SMILES string of the molecule is CC(C)OCCOc1cccc(C(C)C)c1.Cc1ccc(C(C)C)c(C)c1. The van der Waals surface area contributed by atoms with Crippen LogP contribution < -0.4 is 4.74 Å². The molecule has 0 unspecified atom stereocenters. The van der Waals surface area contributed by atoms with Crippen LogP contribution in [0.4, 0.5) is 0 Å². The first-order valence-electron chi connectivity index (χ1n) is 10.1. The number of aryl methyl sites for hydroxylation is 2. The highest BCUT2D eigenvalue weighted by Crippen LogP contribution is 2.20. The average Bonchev–Trinajstić information content (AvgIpc) is 2.59. The molecule has 2 heteroatoms. The molecule has 0 heterocycles. The van der Waals surface area contributed by atoms with Crippen molar-refractivity contribution in [2.75, 3.05) is 13.2 Å². The summed E-state index contributed by atoms with van der Waals surface area (Å²) in [7, 11) is 0. The minimum atomic E-state index is 0.269. The van der Waals surface area contributed by atoms with Crippen LogP contribution in [0.2, 0.25) is 0 Å². The maximum Gasteiger partial charge on any atom is 0.119 e. The highest BCUT2D eigenvalue weighted by molar-refractivity contribution is 5.32. The second kappa shape index (κ2) is 11.8. The molecule has 0 aliphatic carbocycles. The van der Waals surface area contributed by atoms with Crippen LogP contribution in [0.5, 0.6) is 5.75 Å². The fourth-order valence-electron chi connectivity index (χ4n) is 2.88. The molecule has 0 aromatic heterocycles. The van der Waals surface area contributed by atoms with Gasteiger partial charge in [-0.15, -0.1) is 0 Å². The van der Waals surface area contributed by atoms with Gasteiger partial charge >= 0.3 is 0 Å². The van der Waals surface area contributed by atoms with Crippen molar-refractivity contribution in [2.24, 2.45) is 0 Å². The Bertz CT molecular complexity index is 672. The summed E-state index contributed by atoms with van der Waals surface area (Å²) in [4.78, 5) is 0. The summed E-state index contributed by atoms with van der Waals surface area (Å²) in [5.41, 5.74) is 5.55. The van der Waals surface area contributed by atoms with Crippen molar-refractivity contribution < 1.29 is 9.47 Å². The lowest BCUT2D eigenvalue weighted by Gasteiger charge is -2.11. The van der Waals surface area contributed by atoms with Crippen molar-refractivity contribution in [1.82, 2.24) is 0 Å². The zero-order chi connectivity index (χ0) is 20.4. The minimum Gasteiger partial charge on any atom is -0.491 e. The van der Waals surface area contributed by atoms with E-state index in [9.17, 15) is 0 Å². The molecule has 27 heavy (non-hydrogen) atoms. The molecule has 0 radical (unpaired) electrons. The zero-order valence-corrected chi connectivity index (χ0v) is 18.5. The molecule has 0 aliphatic rings. The molecule has 0 aliphatic heterocycles. The van der Waals surface area contributed by atoms with Gasteiger partial charge in [-0.3, -0.25) is 0 Å². The highest BCUT2D eigenvalue weighted by atomic mass is 16.5. The molecule has 150 valence electrons. The molecule has 0 amide bonds. The molecule has 2 aromatic carbocycles. The van der Waals surface area contributed by atoms with Crippen LogP contribution in [-0.2, 0) is 4.74 Å². The fourth-order valence-corrected chi connectivity index (χ4v) is 2.88. The number of rotatable bonds is 7. The Morgan fingerprint density at radius 1 is 0.778 bits per heavy atom. The number of ether oxygens (including phenoxy) is 2. The van der Waals surface area contributed by atoms with Crippen molar-refractivity contribution in [3.8, 4) is 5.75 Å². The van der Waals surface area contributed by atoms with Gasteiger partial charge in [-0.05, 0) is 68.4 Å². The summed E-state index contributed by atoms with van der Waals surface area (Å²) < 4.78 is 11.0. The molecule has 0 N–H and O–H groups in total. The number of hydrogen-bond donors (Lipinski definition) is 0. The van der Waals surface area contributed by atoms with Crippen molar-refractivity contribution in [2.45, 2.75) is 73.3 Å². The molecule has 0 bridgehead atoms. The molecular formula is C25H38O2. The zero-order valence-electron chi connectivity index (χ0n) is 18.5. The number of benzene rings is 2. The van der Waals surface area contributed by atoms with Crippen LogP contribution in [0.3, 0.4) is 0 Å². The summed E-state index contributed by atoms with van der Waals surface area (Å²) in [6.45, 7) is 18.5. The van der Waals surface area contributed by atoms with E-state index in [1.54, 1.807) is 0 Å². The van der Waals surface area contributed by atoms with Crippen molar-refractivity contribution in [1.29, 1.82) is 0 Å². The first kappa shape index (κ1) is 23.2. The van der Waals surface area contributed by atoms with Crippen LogP contribution in [0.1, 0.15) is 75.6 Å². The quantitative estimate of drug-likeness (QED) is 0.487. The van der Waals surface area contributed by atoms with E-state index < -0.39 is 0 Å². The lowest BCUT2D eigenvalue weighted by Crippen LogP contribution is -2.11. The third-order valence-electron chi connectivity index (χ3n) is 4.38. The Balaban J connectivity index is 0.000000289. The van der Waals surface area contributed by atoms with E-state index in [4.69, 9.17) is 9.47 Å². The Morgan fingerprint density at radius 3 is 2.04 bits per heavy atom. The van der Waals surface area contributed by atoms with Crippen LogP contribution >= 0.6 is 0 Å². The van der Waals surface area contributed by atoms with Crippen molar-refractivity contribution in [3.63, 3.8) is 0 Å². The van der Waals surface area contributed by atoms with Gasteiger partial charge in [0.25, 0.3) is 0 Å². The van der Waals surface area contributed by atoms with E-state index in [-0.39, 0.29) is 6.10 Å². The maximum atomic E-state index is 5.62. The summed E-state index contributed by atoms with van der Waals surface area (Å²) >= 11 is 0. The van der Waals surface area contributed by atoms with Gasteiger partial charge in [-0.1, -0.05) is 63.6 Å². The third-order valence-corrected chi connectivity index (χ3v) is 4.38. The van der Waals surface area contributed by atoms with Crippen LogP contribution in [0.25, 0.3) is 0 Å². The van der Waals surface area contributed by atoms with Crippen LogP contribution in [-0.4, -0.2) is 19.3 Å². The molecule has 0 spiro atoms. The fraction of sp³-hybridized carbons (Fsp3) is 0.520. The molecule has 0 saturated heterocycles. The van der Waals surface area contributed by atoms with Gasteiger partial charge in [0.2, 0.25) is 0 Å². The van der Waals surface area contributed by atoms with Gasteiger partial charge in [-0.2, -0.15) is 0 Å². The predicted octanol–water partition coefficient (Wildman–Crippen LogP) is 7.04. The van der Waals surface area contributed by atoms with E-state index in [2.05, 4.69) is 71.9 Å². The minimum absolute atomic E-state index is 0.269. The maximum absolute atomic E-state index is 5.62. The first-order chi connectivity index (χ1) is 12.7. The first-order valence-corrected chi connectivity index (χ1v) is 10.1. The summed E-state index contributed by atoms with van der Waals surface area (Å²) in [6, 6.07) is 14.9. The summed E-state index contributed by atoms with van der Waals surface area (Å²) in [5.74, 6) is 2.12. The monoisotopic (exact) mass is 370 g/mol. The lowest BCUT2D eigenvalue weighted by molar-refractivity contribution is 0.0552. The van der Waals surface area contributed by atoms with Gasteiger partial charge in [0.05, 0.1) is 12.7 Å². The van der Waals surface area contributed by atoms with E-state index in [0.29, 0.717) is 25.0 Å². The van der Waals surface area contributed by atoms with Gasteiger partial charge in [-0.25, -0.2) is 0 Å². The van der Waals surface area contributed by atoms with E-state index in [1.807, 2.05) is 26.0 Å². The van der Waals surface area contributed by atoms with Gasteiger partial charge in [0.15, 0.2) is 0 Å². The normalized spacial score (nSPS) is 10.9. The standard InChI is InChI=1S/C14H22O2.C11H16/c1-11(2)13-6-5-7-14(10-13)16-9-8-15-12(3)4;1-8(2)11-6-5-9(3)7-10(11)4/h5-7,10-12H,8-9H2,1-4H3;5-8H,1-4H3. The van der Waals surface area contributed by atoms with E-state index in [0.717, 1.165) is 5.75 Å². The van der Waals surface area contributed by atoms with E-state index in [1.165, 1.54) is 22.3 Å². The summed E-state index contributed by atoms with van der Waals surface area (Å²) in [5, 5.41) is 0. The summed E-state index contributed by atoms with van der Waals surface area (Å²) in [6.07, 6.45) is 0.269. The Hall–Kier alpha value is -1.80. The average molecular weight is 371 g/mol. The Labute approximate surface area is 166 Å². The van der Waals surface area contributed by atoms with Gasteiger partial charge in [0.1, 0.15) is 12.4 Å². The molecule has 2 aromatic rings. The number of hydrogen-bond acceptors (Lipinski definition) is 2. The molecule has 0 saturated carbocycles. The smallest absolute Gasteiger partial charge is 0.119 e. The Morgan fingerprint density at radius 2 is 1.48 bits per heavy atom. The van der Waals surface area contributed by atoms with E-state index >= 15 is 0 Å². The lowest BCUT2D eigenvalue weighted by atomic mass is 9.97. The second-order valence-electron chi connectivity index (χ2n) is 8.01. The van der Waals surface area contributed by atoms with Crippen LogP contribution in [0, 0.1) is 13.8 Å². The molecule has 2 rings (SSSR count). The van der Waals surface area contributed by atoms with Crippen molar-refractivity contribution >= 4 is 0 Å². The molecule has 0 fully saturated rings. The molecule has 2 nitrogen and oxygen atoms in total. The van der Waals surface area contributed by atoms with Gasteiger partial charge < -0.3 is 9.47 Å². The highest BCUT2D eigenvalue weighted by Gasteiger charge is 2.02. The second-order valence-corrected chi connectivity index (χ2v) is 8.01. The molecular weight excluding hydrogens is 332 g/mol. The topological polar surface area (TPSA) is 18.5 Å². The predicted molar refractivity (Wildman–Crippen MR) is 117 cm³/mol. The Kier molecular flexibility index (Phi) is 10.2. The van der Waals surface area contributed by atoms with Gasteiger partial charge in [0, 0.05) is 0 Å². The van der Waals surface area contributed by atoms with Crippen molar-refractivity contribution in [3.05, 3.63) is 64.7 Å².